The van der Waals surface area contributed by atoms with Crippen LogP contribution in [0.25, 0.3) is 11.1 Å². The van der Waals surface area contributed by atoms with Gasteiger partial charge in [0.1, 0.15) is 5.82 Å². The number of alkyl halides is 3. The Bertz CT molecular complexity index is 1090. The summed E-state index contributed by atoms with van der Waals surface area (Å²) in [6, 6.07) is 7.01. The maximum atomic E-state index is 13.9. The number of carbonyl (C=O) groups excluding carboxylic acids is 1. The van der Waals surface area contributed by atoms with Crippen LogP contribution in [0.15, 0.2) is 34.9 Å². The number of pyridine rings is 1. The van der Waals surface area contributed by atoms with Crippen molar-refractivity contribution in [2.75, 3.05) is 13.1 Å². The lowest BCUT2D eigenvalue weighted by molar-refractivity contribution is -0.136. The standard InChI is InChI=1S/C21H19F4N3O2/c1-12-9-15(21(23,24)25)18-19(27-30-20(18)26-12)14-6-4-8-28(11-14)17(29)10-13-5-2-3-7-16(13)22/h2-3,5,7,9,14H,4,6,8,10-11H2,1H3/t14-/m0/s1. The Balaban J connectivity index is 1.62. The van der Waals surface area contributed by atoms with Gasteiger partial charge in [0.2, 0.25) is 5.91 Å². The number of carbonyl (C=O) groups is 1. The third-order valence-corrected chi connectivity index (χ3v) is 5.37. The van der Waals surface area contributed by atoms with Gasteiger partial charge >= 0.3 is 6.18 Å². The van der Waals surface area contributed by atoms with Crippen LogP contribution < -0.4 is 0 Å². The predicted molar refractivity (Wildman–Crippen MR) is 100 cm³/mol. The molecular formula is C21H19F4N3O2. The van der Waals surface area contributed by atoms with Gasteiger partial charge in [-0.25, -0.2) is 9.37 Å². The number of piperidine rings is 1. The minimum Gasteiger partial charge on any atom is -0.342 e. The largest absolute Gasteiger partial charge is 0.417 e. The monoisotopic (exact) mass is 421 g/mol. The van der Waals surface area contributed by atoms with Crippen LogP contribution in [0.1, 0.15) is 41.3 Å². The molecule has 2 aromatic heterocycles. The summed E-state index contributed by atoms with van der Waals surface area (Å²) in [6.45, 7) is 2.11. The molecule has 1 amide bonds. The Morgan fingerprint density at radius 1 is 1.30 bits per heavy atom. The molecule has 30 heavy (non-hydrogen) atoms. The molecule has 0 radical (unpaired) electrons. The second kappa shape index (κ2) is 7.70. The highest BCUT2D eigenvalue weighted by Crippen LogP contribution is 2.40. The zero-order chi connectivity index (χ0) is 21.5. The average molecular weight is 421 g/mol. The summed E-state index contributed by atoms with van der Waals surface area (Å²) in [4.78, 5) is 18.3. The van der Waals surface area contributed by atoms with Gasteiger partial charge < -0.3 is 9.42 Å². The van der Waals surface area contributed by atoms with Gasteiger partial charge in [-0.05, 0) is 37.5 Å². The van der Waals surface area contributed by atoms with E-state index in [1.54, 1.807) is 23.1 Å². The van der Waals surface area contributed by atoms with Crippen molar-refractivity contribution in [1.29, 1.82) is 0 Å². The molecule has 4 rings (SSSR count). The summed E-state index contributed by atoms with van der Waals surface area (Å²) in [5.74, 6) is -1.16. The number of fused-ring (bicyclic) bond motifs is 1. The summed E-state index contributed by atoms with van der Waals surface area (Å²) >= 11 is 0. The van der Waals surface area contributed by atoms with Crippen LogP contribution in [-0.4, -0.2) is 34.0 Å². The van der Waals surface area contributed by atoms with Gasteiger partial charge in [-0.15, -0.1) is 0 Å². The molecule has 3 aromatic rings. The smallest absolute Gasteiger partial charge is 0.342 e. The molecule has 0 spiro atoms. The lowest BCUT2D eigenvalue weighted by Crippen LogP contribution is -2.40. The first-order valence-corrected chi connectivity index (χ1v) is 9.59. The van der Waals surface area contributed by atoms with Crippen molar-refractivity contribution in [3.8, 4) is 0 Å². The molecular weight excluding hydrogens is 402 g/mol. The number of amides is 1. The quantitative estimate of drug-likeness (QED) is 0.579. The second-order valence-corrected chi connectivity index (χ2v) is 7.50. The summed E-state index contributed by atoms with van der Waals surface area (Å²) in [6.07, 6.45) is -3.52. The van der Waals surface area contributed by atoms with Crippen LogP contribution in [0.2, 0.25) is 0 Å². The third-order valence-electron chi connectivity index (χ3n) is 5.37. The van der Waals surface area contributed by atoms with Crippen LogP contribution >= 0.6 is 0 Å². The van der Waals surface area contributed by atoms with E-state index >= 15 is 0 Å². The van der Waals surface area contributed by atoms with Crippen LogP contribution in [0, 0.1) is 12.7 Å². The number of aromatic nitrogens is 2. The molecule has 1 atom stereocenters. The van der Waals surface area contributed by atoms with E-state index in [2.05, 4.69) is 10.1 Å². The van der Waals surface area contributed by atoms with Crippen LogP contribution in [-0.2, 0) is 17.4 Å². The lowest BCUT2D eigenvalue weighted by Gasteiger charge is -2.32. The topological polar surface area (TPSA) is 59.2 Å². The van der Waals surface area contributed by atoms with Crippen molar-refractivity contribution < 1.29 is 26.9 Å². The van der Waals surface area contributed by atoms with Gasteiger partial charge in [-0.1, -0.05) is 23.4 Å². The van der Waals surface area contributed by atoms with Gasteiger partial charge in [0.05, 0.1) is 23.1 Å². The van der Waals surface area contributed by atoms with Gasteiger partial charge in [-0.3, -0.25) is 4.79 Å². The fourth-order valence-corrected chi connectivity index (χ4v) is 3.94. The number of rotatable bonds is 3. The van der Waals surface area contributed by atoms with Crippen LogP contribution in [0.5, 0.6) is 0 Å². The Hall–Kier alpha value is -2.97. The molecule has 1 fully saturated rings. The molecule has 0 aliphatic carbocycles. The number of benzene rings is 1. The fraction of sp³-hybridized carbons (Fsp3) is 0.381. The van der Waals surface area contributed by atoms with E-state index in [1.165, 1.54) is 13.0 Å². The first kappa shape index (κ1) is 20.3. The number of halogens is 4. The summed E-state index contributed by atoms with van der Waals surface area (Å²) in [5.41, 5.74) is -0.366. The van der Waals surface area contributed by atoms with Crippen LogP contribution in [0.4, 0.5) is 17.6 Å². The highest BCUT2D eigenvalue weighted by molar-refractivity contribution is 5.82. The minimum atomic E-state index is -4.58. The number of likely N-dealkylation sites (tertiary alicyclic amines) is 1. The van der Waals surface area contributed by atoms with E-state index in [1.807, 2.05) is 0 Å². The average Bonchev–Trinajstić information content (AvgIpc) is 3.12. The zero-order valence-electron chi connectivity index (χ0n) is 16.2. The number of hydrogen-bond acceptors (Lipinski definition) is 4. The molecule has 1 aromatic carbocycles. The first-order valence-electron chi connectivity index (χ1n) is 9.59. The number of nitrogens with zero attached hydrogens (tertiary/aromatic N) is 3. The SMILES string of the molecule is Cc1cc(C(F)(F)F)c2c([C@H]3CCCN(C(=O)Cc4ccccc4F)C3)noc2n1. The predicted octanol–water partition coefficient (Wildman–Crippen LogP) is 4.64. The van der Waals surface area contributed by atoms with E-state index in [9.17, 15) is 22.4 Å². The normalized spacial score (nSPS) is 17.5. The highest BCUT2D eigenvalue weighted by atomic mass is 19.4. The lowest BCUT2D eigenvalue weighted by atomic mass is 9.91. The zero-order valence-corrected chi connectivity index (χ0v) is 16.2. The molecule has 0 unspecified atom stereocenters. The minimum absolute atomic E-state index is 0.104. The summed E-state index contributed by atoms with van der Waals surface area (Å²) < 4.78 is 59.8. The van der Waals surface area contributed by atoms with Crippen molar-refractivity contribution in [3.63, 3.8) is 0 Å². The van der Waals surface area contributed by atoms with E-state index in [0.29, 0.717) is 19.4 Å². The Morgan fingerprint density at radius 2 is 2.07 bits per heavy atom. The molecule has 1 aliphatic rings. The third kappa shape index (κ3) is 3.88. The molecule has 1 saturated heterocycles. The van der Waals surface area contributed by atoms with Gasteiger partial charge in [0.25, 0.3) is 5.71 Å². The van der Waals surface area contributed by atoms with Gasteiger partial charge in [-0.2, -0.15) is 13.2 Å². The van der Waals surface area contributed by atoms with Crippen molar-refractivity contribution in [3.05, 3.63) is 58.7 Å². The first-order chi connectivity index (χ1) is 14.2. The molecule has 158 valence electrons. The van der Waals surface area contributed by atoms with E-state index in [0.717, 1.165) is 6.07 Å². The molecule has 0 bridgehead atoms. The van der Waals surface area contributed by atoms with E-state index in [4.69, 9.17) is 4.52 Å². The van der Waals surface area contributed by atoms with Crippen molar-refractivity contribution in [1.82, 2.24) is 15.0 Å². The van der Waals surface area contributed by atoms with Crippen LogP contribution in [0.3, 0.4) is 0 Å². The molecule has 9 heteroatoms. The summed E-state index contributed by atoms with van der Waals surface area (Å²) in [7, 11) is 0. The highest BCUT2D eigenvalue weighted by Gasteiger charge is 2.38. The Kier molecular flexibility index (Phi) is 5.21. The molecule has 0 saturated carbocycles. The van der Waals surface area contributed by atoms with Gasteiger partial charge in [0.15, 0.2) is 0 Å². The number of aryl methyl sites for hydroxylation is 1. The molecule has 3 heterocycles. The maximum Gasteiger partial charge on any atom is 0.417 e. The Labute approximate surface area is 169 Å². The maximum absolute atomic E-state index is 13.9. The molecule has 1 aliphatic heterocycles. The summed E-state index contributed by atoms with van der Waals surface area (Å²) in [5, 5.41) is 3.74. The van der Waals surface area contributed by atoms with Gasteiger partial charge in [0, 0.05) is 24.7 Å². The molecule has 5 nitrogen and oxygen atoms in total. The van der Waals surface area contributed by atoms with E-state index < -0.39 is 23.5 Å². The van der Waals surface area contributed by atoms with E-state index in [-0.39, 0.29) is 46.9 Å². The van der Waals surface area contributed by atoms with Crippen molar-refractivity contribution in [2.24, 2.45) is 0 Å². The molecule has 0 N–H and O–H groups in total. The van der Waals surface area contributed by atoms with Crippen molar-refractivity contribution >= 4 is 17.0 Å². The second-order valence-electron chi connectivity index (χ2n) is 7.50. The van der Waals surface area contributed by atoms with Crippen molar-refractivity contribution in [2.45, 2.75) is 38.3 Å². The Morgan fingerprint density at radius 3 is 2.80 bits per heavy atom. The number of hydrogen-bond donors (Lipinski definition) is 0. The fourth-order valence-electron chi connectivity index (χ4n) is 3.94.